The molecule has 2 rings (SSSR count). The monoisotopic (exact) mass is 323 g/mol. The molecule has 5 nitrogen and oxygen atoms in total. The molecule has 7 heteroatoms. The van der Waals surface area contributed by atoms with Crippen molar-refractivity contribution in [2.75, 3.05) is 6.54 Å². The second-order valence-electron chi connectivity index (χ2n) is 5.61. The Balaban J connectivity index is 2.13. The Bertz CT molecular complexity index is 665. The number of carbonyl (C=O) groups is 1. The quantitative estimate of drug-likeness (QED) is 0.764. The highest BCUT2D eigenvalue weighted by atomic mass is 19.1. The Morgan fingerprint density at radius 2 is 2.00 bits per heavy atom. The average molecular weight is 323 g/mol. The van der Waals surface area contributed by atoms with E-state index in [1.807, 2.05) is 13.8 Å². The highest BCUT2D eigenvalue weighted by molar-refractivity contribution is 5.99. The van der Waals surface area contributed by atoms with Gasteiger partial charge in [-0.25, -0.2) is 8.78 Å². The van der Waals surface area contributed by atoms with Gasteiger partial charge < -0.3 is 10.4 Å². The Labute approximate surface area is 132 Å². The molecule has 124 valence electrons. The first kappa shape index (κ1) is 17.1. The predicted molar refractivity (Wildman–Crippen MR) is 81.7 cm³/mol. The smallest absolute Gasteiger partial charge is 0.255 e. The molecular formula is C16H19F2N3O2. The number of benzene rings is 1. The number of H-pyrrole nitrogens is 1. The van der Waals surface area contributed by atoms with Crippen LogP contribution in [0.3, 0.4) is 0 Å². The molecule has 0 fully saturated rings. The molecule has 1 aromatic heterocycles. The zero-order valence-electron chi connectivity index (χ0n) is 12.9. The van der Waals surface area contributed by atoms with Gasteiger partial charge in [0, 0.05) is 6.54 Å². The van der Waals surface area contributed by atoms with Gasteiger partial charge in [0.05, 0.1) is 29.1 Å². The number of carbonyl (C=O) groups excluding carboxylic acids is 1. The molecular weight excluding hydrogens is 304 g/mol. The minimum Gasteiger partial charge on any atom is -0.393 e. The Morgan fingerprint density at radius 1 is 1.35 bits per heavy atom. The molecule has 0 aliphatic carbocycles. The fourth-order valence-corrected chi connectivity index (χ4v) is 2.15. The number of rotatable bonds is 6. The van der Waals surface area contributed by atoms with Crippen molar-refractivity contribution in [3.8, 4) is 11.3 Å². The maximum atomic E-state index is 13.9. The molecule has 2 aromatic rings. The van der Waals surface area contributed by atoms with E-state index in [4.69, 9.17) is 0 Å². The van der Waals surface area contributed by atoms with E-state index in [1.54, 1.807) is 0 Å². The van der Waals surface area contributed by atoms with Crippen molar-refractivity contribution in [3.63, 3.8) is 0 Å². The summed E-state index contributed by atoms with van der Waals surface area (Å²) in [6.07, 6.45) is 1.09. The van der Waals surface area contributed by atoms with Gasteiger partial charge in [-0.2, -0.15) is 5.10 Å². The summed E-state index contributed by atoms with van der Waals surface area (Å²) in [4.78, 5) is 12.2. The van der Waals surface area contributed by atoms with Gasteiger partial charge in [-0.1, -0.05) is 19.9 Å². The number of aliphatic hydroxyl groups excluding tert-OH is 1. The van der Waals surface area contributed by atoms with E-state index in [9.17, 15) is 18.7 Å². The fourth-order valence-electron chi connectivity index (χ4n) is 2.15. The van der Waals surface area contributed by atoms with Crippen LogP contribution in [0.2, 0.25) is 0 Å². The Kier molecular flexibility index (Phi) is 5.44. The molecule has 0 aliphatic rings. The number of halogens is 2. The molecule has 1 atom stereocenters. The van der Waals surface area contributed by atoms with Gasteiger partial charge in [0.25, 0.3) is 5.91 Å². The van der Waals surface area contributed by atoms with Crippen LogP contribution in [0.25, 0.3) is 11.3 Å². The minimum absolute atomic E-state index is 0.0116. The molecule has 1 unspecified atom stereocenters. The molecule has 1 amide bonds. The Hall–Kier alpha value is -2.28. The van der Waals surface area contributed by atoms with E-state index in [2.05, 4.69) is 15.5 Å². The lowest BCUT2D eigenvalue weighted by Crippen LogP contribution is -2.28. The summed E-state index contributed by atoms with van der Waals surface area (Å²) in [6.45, 7) is 4.01. The van der Waals surface area contributed by atoms with Crippen LogP contribution >= 0.6 is 0 Å². The van der Waals surface area contributed by atoms with Crippen molar-refractivity contribution in [3.05, 3.63) is 41.6 Å². The molecule has 0 saturated heterocycles. The first-order valence-corrected chi connectivity index (χ1v) is 7.35. The SMILES string of the molecule is CC(C)C(O)CCNC(=O)c1cn[nH]c1-c1c(F)cccc1F. The lowest BCUT2D eigenvalue weighted by Gasteiger charge is -2.14. The molecule has 23 heavy (non-hydrogen) atoms. The molecule has 1 heterocycles. The zero-order valence-corrected chi connectivity index (χ0v) is 12.9. The van der Waals surface area contributed by atoms with Crippen LogP contribution < -0.4 is 5.32 Å². The fraction of sp³-hybridized carbons (Fsp3) is 0.375. The summed E-state index contributed by atoms with van der Waals surface area (Å²) in [7, 11) is 0. The lowest BCUT2D eigenvalue weighted by molar-refractivity contribution is 0.0921. The van der Waals surface area contributed by atoms with E-state index < -0.39 is 23.6 Å². The third kappa shape index (κ3) is 3.92. The highest BCUT2D eigenvalue weighted by Gasteiger charge is 2.21. The number of hydrogen-bond acceptors (Lipinski definition) is 3. The zero-order chi connectivity index (χ0) is 17.0. The summed E-state index contributed by atoms with van der Waals surface area (Å²) >= 11 is 0. The van der Waals surface area contributed by atoms with E-state index in [1.165, 1.54) is 12.3 Å². The van der Waals surface area contributed by atoms with Gasteiger partial charge in [0.15, 0.2) is 0 Å². The van der Waals surface area contributed by atoms with Gasteiger partial charge in [-0.15, -0.1) is 0 Å². The van der Waals surface area contributed by atoms with E-state index in [-0.39, 0.29) is 29.3 Å². The van der Waals surface area contributed by atoms with Crippen LogP contribution in [-0.4, -0.2) is 33.9 Å². The van der Waals surface area contributed by atoms with Crippen LogP contribution in [0.1, 0.15) is 30.6 Å². The largest absolute Gasteiger partial charge is 0.393 e. The second kappa shape index (κ2) is 7.32. The third-order valence-electron chi connectivity index (χ3n) is 3.59. The van der Waals surface area contributed by atoms with Gasteiger partial charge in [0.1, 0.15) is 11.6 Å². The summed E-state index contributed by atoms with van der Waals surface area (Å²) < 4.78 is 27.7. The van der Waals surface area contributed by atoms with Gasteiger partial charge in [-0.05, 0) is 24.5 Å². The third-order valence-corrected chi connectivity index (χ3v) is 3.59. The lowest BCUT2D eigenvalue weighted by atomic mass is 10.0. The summed E-state index contributed by atoms with van der Waals surface area (Å²) in [6, 6.07) is 3.47. The van der Waals surface area contributed by atoms with Crippen molar-refractivity contribution in [2.45, 2.75) is 26.4 Å². The van der Waals surface area contributed by atoms with Crippen LogP contribution in [0.15, 0.2) is 24.4 Å². The van der Waals surface area contributed by atoms with Gasteiger partial charge >= 0.3 is 0 Å². The van der Waals surface area contributed by atoms with Crippen molar-refractivity contribution in [2.24, 2.45) is 5.92 Å². The predicted octanol–water partition coefficient (Wildman–Crippen LogP) is 2.49. The molecule has 3 N–H and O–H groups in total. The summed E-state index contributed by atoms with van der Waals surface area (Å²) in [5, 5.41) is 18.5. The molecule has 0 aliphatic heterocycles. The number of hydrogen-bond donors (Lipinski definition) is 3. The van der Waals surface area contributed by atoms with Crippen molar-refractivity contribution in [1.29, 1.82) is 0 Å². The topological polar surface area (TPSA) is 78.0 Å². The highest BCUT2D eigenvalue weighted by Crippen LogP contribution is 2.26. The number of amides is 1. The Morgan fingerprint density at radius 3 is 2.61 bits per heavy atom. The number of nitrogens with zero attached hydrogens (tertiary/aromatic N) is 1. The van der Waals surface area contributed by atoms with Crippen molar-refractivity contribution < 1.29 is 18.7 Å². The first-order valence-electron chi connectivity index (χ1n) is 7.35. The maximum absolute atomic E-state index is 13.9. The average Bonchev–Trinajstić information content (AvgIpc) is 2.96. The maximum Gasteiger partial charge on any atom is 0.255 e. The van der Waals surface area contributed by atoms with E-state index >= 15 is 0 Å². The van der Waals surface area contributed by atoms with Crippen molar-refractivity contribution >= 4 is 5.91 Å². The van der Waals surface area contributed by atoms with Gasteiger partial charge in [0.2, 0.25) is 0 Å². The van der Waals surface area contributed by atoms with Crippen LogP contribution in [-0.2, 0) is 0 Å². The number of nitrogens with one attached hydrogen (secondary N) is 2. The standard InChI is InChI=1S/C16H19F2N3O2/c1-9(2)13(22)6-7-19-16(23)10-8-20-21-15(10)14-11(17)4-3-5-12(14)18/h3-5,8-9,13,22H,6-7H2,1-2H3,(H,19,23)(H,20,21). The van der Waals surface area contributed by atoms with Crippen LogP contribution in [0.5, 0.6) is 0 Å². The second-order valence-corrected chi connectivity index (χ2v) is 5.61. The normalized spacial score (nSPS) is 12.4. The van der Waals surface area contributed by atoms with E-state index in [0.29, 0.717) is 6.42 Å². The summed E-state index contributed by atoms with van der Waals surface area (Å²) in [5.74, 6) is -1.98. The molecule has 0 saturated carbocycles. The van der Waals surface area contributed by atoms with Crippen molar-refractivity contribution in [1.82, 2.24) is 15.5 Å². The number of aromatic amines is 1. The number of aliphatic hydroxyl groups is 1. The molecule has 0 bridgehead atoms. The van der Waals surface area contributed by atoms with Crippen LogP contribution in [0, 0.1) is 17.6 Å². The molecule has 0 spiro atoms. The molecule has 0 radical (unpaired) electrons. The number of aromatic nitrogens is 2. The van der Waals surface area contributed by atoms with Crippen LogP contribution in [0.4, 0.5) is 8.78 Å². The molecule has 1 aromatic carbocycles. The van der Waals surface area contributed by atoms with Gasteiger partial charge in [-0.3, -0.25) is 9.89 Å². The summed E-state index contributed by atoms with van der Waals surface area (Å²) in [5.41, 5.74) is -0.284. The first-order chi connectivity index (χ1) is 10.9. The minimum atomic E-state index is -0.779. The van der Waals surface area contributed by atoms with E-state index in [0.717, 1.165) is 12.1 Å².